The molecule has 5 nitrogen and oxygen atoms in total. The van der Waals surface area contributed by atoms with Gasteiger partial charge in [0.2, 0.25) is 0 Å². The van der Waals surface area contributed by atoms with Gasteiger partial charge in [-0.25, -0.2) is 8.42 Å². The molecule has 0 spiro atoms. The Hall–Kier alpha value is -1.56. The van der Waals surface area contributed by atoms with Crippen molar-refractivity contribution in [1.82, 2.24) is 0 Å². The van der Waals surface area contributed by atoms with Gasteiger partial charge < -0.3 is 10.5 Å². The third-order valence-electron chi connectivity index (χ3n) is 2.52. The first kappa shape index (κ1) is 12.9. The largest absolute Gasteiger partial charge is 0.493 e. The molecule has 0 aliphatic carbocycles. The molecule has 0 amide bonds. The van der Waals surface area contributed by atoms with E-state index in [1.165, 1.54) is 0 Å². The molecule has 0 saturated heterocycles. The van der Waals surface area contributed by atoms with Gasteiger partial charge in [-0.1, -0.05) is 26.0 Å². The summed E-state index contributed by atoms with van der Waals surface area (Å²) >= 11 is 0. The van der Waals surface area contributed by atoms with Crippen LogP contribution >= 0.6 is 0 Å². The third kappa shape index (κ3) is 2.64. The molecule has 1 heterocycles. The molecule has 0 fully saturated rings. The van der Waals surface area contributed by atoms with Crippen LogP contribution in [-0.4, -0.2) is 20.9 Å². The molecule has 98 valence electrons. The van der Waals surface area contributed by atoms with E-state index in [4.69, 9.17) is 10.5 Å². The number of ether oxygens (including phenoxy) is 1. The van der Waals surface area contributed by atoms with E-state index in [1.54, 1.807) is 18.2 Å². The van der Waals surface area contributed by atoms with Gasteiger partial charge >= 0.3 is 0 Å². The Kier molecular flexibility index (Phi) is 3.30. The number of benzene rings is 1. The summed E-state index contributed by atoms with van der Waals surface area (Å²) in [5.41, 5.74) is 6.97. The Bertz CT molecular complexity index is 591. The molecule has 1 aromatic rings. The summed E-state index contributed by atoms with van der Waals surface area (Å²) in [6.07, 6.45) is 0. The summed E-state index contributed by atoms with van der Waals surface area (Å²) in [5.74, 6) is 0.862. The summed E-state index contributed by atoms with van der Waals surface area (Å²) in [6.45, 7) is 4.63. The fourth-order valence-electron chi connectivity index (χ4n) is 1.79. The lowest BCUT2D eigenvalue weighted by molar-refractivity contribution is 0.270. The van der Waals surface area contributed by atoms with Crippen LogP contribution < -0.4 is 10.5 Å². The molecule has 0 aromatic heterocycles. The van der Waals surface area contributed by atoms with E-state index in [2.05, 4.69) is 4.40 Å². The highest BCUT2D eigenvalue weighted by molar-refractivity contribution is 7.89. The minimum Gasteiger partial charge on any atom is -0.493 e. The fraction of sp³-hybridized carbons (Fsp3) is 0.417. The number of sulfonamides is 1. The van der Waals surface area contributed by atoms with Gasteiger partial charge in [0.15, 0.2) is 0 Å². The van der Waals surface area contributed by atoms with Crippen LogP contribution in [0.15, 0.2) is 22.6 Å². The van der Waals surface area contributed by atoms with Crippen LogP contribution in [0.1, 0.15) is 25.0 Å². The van der Waals surface area contributed by atoms with Gasteiger partial charge in [0, 0.05) is 0 Å². The van der Waals surface area contributed by atoms with E-state index in [0.717, 1.165) is 0 Å². The number of fused-ring (bicyclic) bond motifs is 1. The zero-order valence-electron chi connectivity index (χ0n) is 10.4. The minimum atomic E-state index is -3.49. The molecule has 0 bridgehead atoms. The average molecular weight is 268 g/mol. The van der Waals surface area contributed by atoms with E-state index in [-0.39, 0.29) is 11.6 Å². The monoisotopic (exact) mass is 268 g/mol. The van der Waals surface area contributed by atoms with Gasteiger partial charge in [-0.3, -0.25) is 0 Å². The first-order valence-corrected chi connectivity index (χ1v) is 7.33. The molecule has 1 aliphatic heterocycles. The second kappa shape index (κ2) is 4.61. The summed E-state index contributed by atoms with van der Waals surface area (Å²) in [4.78, 5) is 0. The third-order valence-corrected chi connectivity index (χ3v) is 3.67. The summed E-state index contributed by atoms with van der Waals surface area (Å²) in [6, 6.07) is 5.28. The lowest BCUT2D eigenvalue weighted by Crippen LogP contribution is -2.25. The first-order chi connectivity index (χ1) is 8.39. The Morgan fingerprint density at radius 1 is 1.44 bits per heavy atom. The molecule has 1 aliphatic rings. The highest BCUT2D eigenvalue weighted by atomic mass is 32.2. The van der Waals surface area contributed by atoms with Crippen molar-refractivity contribution in [3.63, 3.8) is 0 Å². The number of nitrogens with zero attached hydrogens (tertiary/aromatic N) is 1. The van der Waals surface area contributed by atoms with E-state index in [0.29, 0.717) is 29.4 Å². The Balaban J connectivity index is 2.42. The maximum absolute atomic E-state index is 11.5. The second-order valence-electron chi connectivity index (χ2n) is 4.70. The van der Waals surface area contributed by atoms with Crippen molar-refractivity contribution >= 4 is 15.9 Å². The van der Waals surface area contributed by atoms with Crippen LogP contribution in [0, 0.1) is 5.92 Å². The average Bonchev–Trinajstić information content (AvgIpc) is 2.23. The van der Waals surface area contributed by atoms with Crippen molar-refractivity contribution in [1.29, 1.82) is 0 Å². The Morgan fingerprint density at radius 3 is 2.83 bits per heavy atom. The second-order valence-corrected chi connectivity index (χ2v) is 6.33. The lowest BCUT2D eigenvalue weighted by Gasteiger charge is -2.18. The Morgan fingerprint density at radius 2 is 2.17 bits per heavy atom. The van der Waals surface area contributed by atoms with E-state index < -0.39 is 10.0 Å². The Labute approximate surface area is 107 Å². The van der Waals surface area contributed by atoms with Crippen LogP contribution in [0.4, 0.5) is 0 Å². The van der Waals surface area contributed by atoms with Crippen LogP contribution in [0.25, 0.3) is 0 Å². The van der Waals surface area contributed by atoms with E-state index in [9.17, 15) is 8.42 Å². The summed E-state index contributed by atoms with van der Waals surface area (Å²) in [5, 5.41) is 0. The van der Waals surface area contributed by atoms with Gasteiger partial charge in [-0.15, -0.1) is 4.40 Å². The van der Waals surface area contributed by atoms with Gasteiger partial charge in [0.25, 0.3) is 10.0 Å². The smallest absolute Gasteiger partial charge is 0.259 e. The molecule has 1 aromatic carbocycles. The first-order valence-electron chi connectivity index (χ1n) is 5.72. The van der Waals surface area contributed by atoms with Crippen LogP contribution in [0.2, 0.25) is 0 Å². The van der Waals surface area contributed by atoms with E-state index >= 15 is 0 Å². The molecule has 2 rings (SSSR count). The molecule has 0 radical (unpaired) electrons. The molecule has 0 saturated carbocycles. The van der Waals surface area contributed by atoms with Crippen LogP contribution in [-0.2, 0) is 15.8 Å². The summed E-state index contributed by atoms with van der Waals surface area (Å²) in [7, 11) is -3.49. The van der Waals surface area contributed by atoms with Crippen molar-refractivity contribution in [2.24, 2.45) is 16.0 Å². The summed E-state index contributed by atoms with van der Waals surface area (Å²) < 4.78 is 32.2. The van der Waals surface area contributed by atoms with Crippen molar-refractivity contribution in [3.8, 4) is 5.75 Å². The maximum atomic E-state index is 11.5. The minimum absolute atomic E-state index is 0.00982. The highest BCUT2D eigenvalue weighted by Gasteiger charge is 2.25. The SMILES string of the molecule is CC(C)COc1cccc2c1C(N)=NS(=O)(=O)C2. The predicted molar refractivity (Wildman–Crippen MR) is 70.1 cm³/mol. The van der Waals surface area contributed by atoms with Crippen molar-refractivity contribution in [2.45, 2.75) is 19.6 Å². The van der Waals surface area contributed by atoms with Gasteiger partial charge in [0.1, 0.15) is 11.6 Å². The van der Waals surface area contributed by atoms with Gasteiger partial charge in [0.05, 0.1) is 17.9 Å². The van der Waals surface area contributed by atoms with Gasteiger partial charge in [-0.2, -0.15) is 0 Å². The normalized spacial score (nSPS) is 17.2. The molecule has 6 heteroatoms. The number of nitrogens with two attached hydrogens (primary N) is 1. The lowest BCUT2D eigenvalue weighted by atomic mass is 10.1. The van der Waals surface area contributed by atoms with Crippen LogP contribution in [0.3, 0.4) is 0 Å². The molecule has 18 heavy (non-hydrogen) atoms. The number of amidine groups is 1. The molecule has 0 unspecified atom stereocenters. The number of rotatable bonds is 3. The quantitative estimate of drug-likeness (QED) is 0.895. The standard InChI is InChI=1S/C12H16N2O3S/c1-8(2)6-17-10-5-3-4-9-7-18(15,16)14-12(13)11(9)10/h3-5,8H,6-7H2,1-2H3,(H2,13,14). The highest BCUT2D eigenvalue weighted by Crippen LogP contribution is 2.28. The molecular formula is C12H16N2O3S. The predicted octanol–water partition coefficient (Wildman–Crippen LogP) is 1.27. The molecular weight excluding hydrogens is 252 g/mol. The fourth-order valence-corrected chi connectivity index (χ4v) is 2.88. The van der Waals surface area contributed by atoms with Crippen LogP contribution in [0.5, 0.6) is 5.75 Å². The van der Waals surface area contributed by atoms with Crippen molar-refractivity contribution in [3.05, 3.63) is 29.3 Å². The van der Waals surface area contributed by atoms with E-state index in [1.807, 2.05) is 13.8 Å². The topological polar surface area (TPSA) is 81.8 Å². The van der Waals surface area contributed by atoms with Gasteiger partial charge in [-0.05, 0) is 17.5 Å². The van der Waals surface area contributed by atoms with Crippen molar-refractivity contribution in [2.75, 3.05) is 6.61 Å². The number of hydrogen-bond donors (Lipinski definition) is 1. The molecule has 2 N–H and O–H groups in total. The number of hydrogen-bond acceptors (Lipinski definition) is 4. The zero-order valence-corrected chi connectivity index (χ0v) is 11.2. The van der Waals surface area contributed by atoms with Crippen molar-refractivity contribution < 1.29 is 13.2 Å². The maximum Gasteiger partial charge on any atom is 0.259 e. The molecule has 0 atom stereocenters. The zero-order chi connectivity index (χ0) is 13.3.